The zero-order valence-electron chi connectivity index (χ0n) is 17.0. The lowest BCUT2D eigenvalue weighted by Crippen LogP contribution is -2.37. The summed E-state index contributed by atoms with van der Waals surface area (Å²) in [4.78, 5) is 45.0. The van der Waals surface area contributed by atoms with E-state index >= 15 is 0 Å². The number of pyridine rings is 2. The van der Waals surface area contributed by atoms with Gasteiger partial charge in [0.2, 0.25) is 0 Å². The van der Waals surface area contributed by atoms with Gasteiger partial charge >= 0.3 is 5.97 Å². The molecule has 8 nitrogen and oxygen atoms in total. The quantitative estimate of drug-likeness (QED) is 0.420. The first kappa shape index (κ1) is 20.8. The normalized spacial score (nSPS) is 11.7. The smallest absolute Gasteiger partial charge is 0.333 e. The summed E-state index contributed by atoms with van der Waals surface area (Å²) in [5, 5.41) is 14.0. The third-order valence-corrected chi connectivity index (χ3v) is 5.01. The van der Waals surface area contributed by atoms with E-state index in [1.165, 1.54) is 18.3 Å². The van der Waals surface area contributed by atoms with E-state index in [2.05, 4.69) is 15.3 Å². The molecule has 1 atom stereocenters. The number of ether oxygens (including phenoxy) is 1. The van der Waals surface area contributed by atoms with Gasteiger partial charge in [-0.2, -0.15) is 0 Å². The molecule has 0 spiro atoms. The lowest BCUT2D eigenvalue weighted by molar-refractivity contribution is -0.143. The van der Waals surface area contributed by atoms with Gasteiger partial charge in [0, 0.05) is 17.1 Å². The summed E-state index contributed by atoms with van der Waals surface area (Å²) in [5.41, 5.74) is 0.735. The number of fused-ring (bicyclic) bond motifs is 1. The number of aromatic amines is 1. The van der Waals surface area contributed by atoms with Gasteiger partial charge < -0.3 is 20.1 Å². The van der Waals surface area contributed by atoms with Gasteiger partial charge in [-0.3, -0.25) is 9.59 Å². The number of aromatic nitrogens is 2. The number of hydrogen-bond acceptors (Lipinski definition) is 6. The molecule has 160 valence electrons. The molecule has 0 radical (unpaired) electrons. The summed E-state index contributed by atoms with van der Waals surface area (Å²) in [6.45, 7) is 0. The van der Waals surface area contributed by atoms with Crippen LogP contribution in [0.4, 0.5) is 0 Å². The molecule has 2 heterocycles. The topological polar surface area (TPSA) is 121 Å². The molecular formula is C24H19N3O5. The molecule has 32 heavy (non-hydrogen) atoms. The van der Waals surface area contributed by atoms with Crippen molar-refractivity contribution in [3.8, 4) is 17.0 Å². The van der Waals surface area contributed by atoms with E-state index in [0.29, 0.717) is 16.5 Å². The van der Waals surface area contributed by atoms with Crippen molar-refractivity contribution in [3.05, 3.63) is 94.4 Å². The maximum Gasteiger partial charge on any atom is 0.333 e. The van der Waals surface area contributed by atoms with Gasteiger partial charge in [-0.25, -0.2) is 9.78 Å². The number of amides is 1. The number of carbonyl (C=O) groups is 2. The lowest BCUT2D eigenvalue weighted by atomic mass is 10.0. The van der Waals surface area contributed by atoms with Gasteiger partial charge in [-0.15, -0.1) is 0 Å². The van der Waals surface area contributed by atoms with Gasteiger partial charge in [0.05, 0.1) is 23.8 Å². The fourth-order valence-corrected chi connectivity index (χ4v) is 3.48. The molecule has 3 N–H and O–H groups in total. The number of nitrogens with one attached hydrogen (secondary N) is 2. The van der Waals surface area contributed by atoms with Gasteiger partial charge in [-0.05, 0) is 18.2 Å². The van der Waals surface area contributed by atoms with Crippen LogP contribution >= 0.6 is 0 Å². The summed E-state index contributed by atoms with van der Waals surface area (Å²) >= 11 is 0. The summed E-state index contributed by atoms with van der Waals surface area (Å²) < 4.78 is 4.79. The highest BCUT2D eigenvalue weighted by atomic mass is 16.5. The third-order valence-electron chi connectivity index (χ3n) is 5.01. The molecule has 0 aliphatic rings. The van der Waals surface area contributed by atoms with Crippen LogP contribution in [-0.4, -0.2) is 34.1 Å². The van der Waals surface area contributed by atoms with Crippen molar-refractivity contribution >= 4 is 22.8 Å². The lowest BCUT2D eigenvalue weighted by Gasteiger charge is -2.18. The Labute approximate surface area is 182 Å². The monoisotopic (exact) mass is 429 g/mol. The van der Waals surface area contributed by atoms with E-state index in [4.69, 9.17) is 4.74 Å². The number of aromatic hydroxyl groups is 1. The zero-order chi connectivity index (χ0) is 22.7. The molecule has 8 heteroatoms. The maximum atomic E-state index is 13.4. The van der Waals surface area contributed by atoms with E-state index in [9.17, 15) is 19.5 Å². The van der Waals surface area contributed by atoms with Crippen LogP contribution in [0, 0.1) is 0 Å². The van der Waals surface area contributed by atoms with Crippen molar-refractivity contribution < 1.29 is 19.4 Å². The van der Waals surface area contributed by atoms with Crippen LogP contribution in [0.15, 0.2) is 77.7 Å². The number of nitrogens with zero attached hydrogens (tertiary/aromatic N) is 1. The summed E-state index contributed by atoms with van der Waals surface area (Å²) in [7, 11) is 1.16. The van der Waals surface area contributed by atoms with E-state index in [1.807, 2.05) is 6.07 Å². The standard InChI is InChI=1S/C24H19N3O5/c1-32-24(31)20(16-11-7-13-25-22(16)29)27-23(30)18-15-10-5-6-12-17(15)26-19(21(18)28)14-8-3-2-4-9-14/h2-13,20,28H,1H3,(H,25,29)(H,27,30). The molecule has 0 saturated carbocycles. The fourth-order valence-electron chi connectivity index (χ4n) is 3.48. The molecule has 0 fully saturated rings. The Kier molecular flexibility index (Phi) is 5.67. The zero-order valence-corrected chi connectivity index (χ0v) is 17.0. The highest BCUT2D eigenvalue weighted by Gasteiger charge is 2.29. The predicted octanol–water partition coefficient (Wildman–Crippen LogP) is 2.94. The maximum absolute atomic E-state index is 13.4. The number of esters is 1. The Morgan fingerprint density at radius 1 is 1.03 bits per heavy atom. The second-order valence-electron chi connectivity index (χ2n) is 6.95. The number of para-hydroxylation sites is 1. The molecule has 0 saturated heterocycles. The number of hydrogen-bond donors (Lipinski definition) is 3. The number of methoxy groups -OCH3 is 1. The van der Waals surface area contributed by atoms with Crippen molar-refractivity contribution in [1.82, 2.24) is 15.3 Å². The molecular weight excluding hydrogens is 410 g/mol. The minimum Gasteiger partial charge on any atom is -0.505 e. The van der Waals surface area contributed by atoms with E-state index in [1.54, 1.807) is 48.5 Å². The first-order chi connectivity index (χ1) is 15.5. The van der Waals surface area contributed by atoms with Gasteiger partial charge in [0.25, 0.3) is 11.5 Å². The second kappa shape index (κ2) is 8.73. The summed E-state index contributed by atoms with van der Waals surface area (Å²) in [5.74, 6) is -1.91. The highest BCUT2D eigenvalue weighted by molar-refractivity contribution is 6.11. The van der Waals surface area contributed by atoms with Crippen LogP contribution in [0.1, 0.15) is 22.0 Å². The minimum absolute atomic E-state index is 0.00818. The molecule has 1 unspecified atom stereocenters. The largest absolute Gasteiger partial charge is 0.505 e. The Balaban J connectivity index is 1.86. The van der Waals surface area contributed by atoms with Crippen LogP contribution in [0.3, 0.4) is 0 Å². The van der Waals surface area contributed by atoms with Crippen LogP contribution in [-0.2, 0) is 9.53 Å². The Hall–Kier alpha value is -4.46. The van der Waals surface area contributed by atoms with Gasteiger partial charge in [0.15, 0.2) is 11.8 Å². The highest BCUT2D eigenvalue weighted by Crippen LogP contribution is 2.35. The van der Waals surface area contributed by atoms with Crippen LogP contribution < -0.4 is 10.9 Å². The van der Waals surface area contributed by atoms with E-state index in [0.717, 1.165) is 7.11 Å². The molecule has 0 bridgehead atoms. The Morgan fingerprint density at radius 2 is 1.75 bits per heavy atom. The van der Waals surface area contributed by atoms with Crippen molar-refractivity contribution in [2.75, 3.05) is 7.11 Å². The van der Waals surface area contributed by atoms with E-state index in [-0.39, 0.29) is 22.6 Å². The van der Waals surface area contributed by atoms with Crippen molar-refractivity contribution in [3.63, 3.8) is 0 Å². The second-order valence-corrected chi connectivity index (χ2v) is 6.95. The summed E-state index contributed by atoms with van der Waals surface area (Å²) in [6, 6.07) is 17.4. The Bertz CT molecular complexity index is 1370. The van der Waals surface area contributed by atoms with Crippen molar-refractivity contribution in [1.29, 1.82) is 0 Å². The third kappa shape index (κ3) is 3.81. The minimum atomic E-state index is -1.37. The predicted molar refractivity (Wildman–Crippen MR) is 118 cm³/mol. The fraction of sp³-hybridized carbons (Fsp3) is 0.0833. The average Bonchev–Trinajstić information content (AvgIpc) is 2.82. The molecule has 1 amide bonds. The van der Waals surface area contributed by atoms with Crippen LogP contribution in [0.5, 0.6) is 5.75 Å². The van der Waals surface area contributed by atoms with Crippen LogP contribution in [0.2, 0.25) is 0 Å². The van der Waals surface area contributed by atoms with Crippen molar-refractivity contribution in [2.45, 2.75) is 6.04 Å². The molecule has 2 aromatic heterocycles. The number of benzene rings is 2. The van der Waals surface area contributed by atoms with Gasteiger partial charge in [-0.1, -0.05) is 48.5 Å². The first-order valence-electron chi connectivity index (χ1n) is 9.74. The SMILES string of the molecule is COC(=O)C(NC(=O)c1c(O)c(-c2ccccc2)nc2ccccc12)c1ccc[nH]c1=O. The van der Waals surface area contributed by atoms with Gasteiger partial charge in [0.1, 0.15) is 5.69 Å². The van der Waals surface area contributed by atoms with Crippen molar-refractivity contribution in [2.24, 2.45) is 0 Å². The summed E-state index contributed by atoms with van der Waals surface area (Å²) in [6.07, 6.45) is 1.41. The molecule has 0 aliphatic carbocycles. The van der Waals surface area contributed by atoms with E-state index < -0.39 is 23.5 Å². The Morgan fingerprint density at radius 3 is 2.47 bits per heavy atom. The molecule has 2 aromatic carbocycles. The molecule has 4 rings (SSSR count). The van der Waals surface area contributed by atoms with Crippen LogP contribution in [0.25, 0.3) is 22.2 Å². The average molecular weight is 429 g/mol. The first-order valence-corrected chi connectivity index (χ1v) is 9.74. The molecule has 0 aliphatic heterocycles. The molecule has 4 aromatic rings. The number of rotatable bonds is 5. The number of H-pyrrole nitrogens is 1. The number of carbonyl (C=O) groups excluding carboxylic acids is 2.